The molecule has 3 aromatic rings. The van der Waals surface area contributed by atoms with Gasteiger partial charge in [0.2, 0.25) is 5.96 Å². The maximum absolute atomic E-state index is 13.6. The number of hydrogen-bond donors (Lipinski definition) is 3. The number of ether oxygens (including phenoxy) is 2. The third-order valence-electron chi connectivity index (χ3n) is 5.13. The second-order valence-electron chi connectivity index (χ2n) is 7.17. The lowest BCUT2D eigenvalue weighted by Crippen LogP contribution is -2.27. The summed E-state index contributed by atoms with van der Waals surface area (Å²) in [5.74, 6) is 0.679. The first-order chi connectivity index (χ1) is 14.9. The number of rotatable bonds is 7. The van der Waals surface area contributed by atoms with Crippen molar-refractivity contribution in [3.63, 3.8) is 0 Å². The number of benzene rings is 2. The van der Waals surface area contributed by atoms with Gasteiger partial charge in [-0.25, -0.2) is 17.8 Å². The highest BCUT2D eigenvalue weighted by atomic mass is 32.2. The number of nitrogens with two attached hydrogens (primary N) is 1. The van der Waals surface area contributed by atoms with E-state index in [2.05, 4.69) is 10.5 Å². The molecule has 0 spiro atoms. The molecule has 1 fully saturated rings. The second-order valence-corrected chi connectivity index (χ2v) is 8.99. The normalized spacial score (nSPS) is 14.5. The zero-order chi connectivity index (χ0) is 22.2. The molecule has 2 aromatic carbocycles. The number of fused-ring (bicyclic) bond motifs is 1. The van der Waals surface area contributed by atoms with Crippen LogP contribution in [0.1, 0.15) is 18.4 Å². The van der Waals surface area contributed by atoms with Crippen LogP contribution < -0.4 is 20.6 Å². The van der Waals surface area contributed by atoms with Gasteiger partial charge in [0.1, 0.15) is 0 Å². The Morgan fingerprint density at radius 2 is 1.87 bits per heavy atom. The summed E-state index contributed by atoms with van der Waals surface area (Å²) in [6.07, 6.45) is 3.47. The molecular weight excluding hydrogens is 418 g/mol. The zero-order valence-electron chi connectivity index (χ0n) is 17.1. The van der Waals surface area contributed by atoms with Gasteiger partial charge < -0.3 is 15.2 Å². The molecule has 1 heterocycles. The van der Waals surface area contributed by atoms with Crippen LogP contribution in [0.4, 0.5) is 0 Å². The minimum atomic E-state index is -3.93. The molecule has 0 aliphatic heterocycles. The van der Waals surface area contributed by atoms with E-state index in [1.165, 1.54) is 30.3 Å². The fraction of sp³-hybridized carbons (Fsp3) is 0.238. The van der Waals surface area contributed by atoms with Crippen LogP contribution in [0.2, 0.25) is 0 Å². The van der Waals surface area contributed by atoms with E-state index >= 15 is 0 Å². The maximum Gasteiger partial charge on any atom is 0.268 e. The van der Waals surface area contributed by atoms with Crippen LogP contribution in [0.15, 0.2) is 58.7 Å². The van der Waals surface area contributed by atoms with Crippen LogP contribution in [0, 0.1) is 11.3 Å². The summed E-state index contributed by atoms with van der Waals surface area (Å²) in [4.78, 5) is 0.0734. The molecule has 162 valence electrons. The Morgan fingerprint density at radius 3 is 2.52 bits per heavy atom. The van der Waals surface area contributed by atoms with Crippen molar-refractivity contribution >= 4 is 32.6 Å². The van der Waals surface area contributed by atoms with Gasteiger partial charge in [0.15, 0.2) is 11.5 Å². The number of para-hydroxylation sites is 1. The van der Waals surface area contributed by atoms with Crippen molar-refractivity contribution in [3.05, 3.63) is 54.2 Å². The molecule has 0 amide bonds. The van der Waals surface area contributed by atoms with Crippen molar-refractivity contribution in [1.29, 1.82) is 5.41 Å². The average Bonchev–Trinajstić information content (AvgIpc) is 3.53. The summed E-state index contributed by atoms with van der Waals surface area (Å²) < 4.78 is 38.9. The van der Waals surface area contributed by atoms with E-state index < -0.39 is 10.0 Å². The Bertz CT molecular complexity index is 1290. The predicted octanol–water partition coefficient (Wildman–Crippen LogP) is 2.49. The molecule has 1 aromatic heterocycles. The molecular formula is C21H23N5O4S. The lowest BCUT2D eigenvalue weighted by atomic mass is 10.1. The smallest absolute Gasteiger partial charge is 0.268 e. The standard InChI is InChI=1S/C21H23N5O4S/c1-29-18-10-9-14(11-19(18)30-2)31(27,28)26-12-16(15-5-3-4-6-17(15)26)20(13-7-8-13)24-25-21(22)23/h3-6,9-13H,7-8H2,1-2H3,(H4,22,23,25). The first-order valence-corrected chi connectivity index (χ1v) is 11.1. The van der Waals surface area contributed by atoms with E-state index in [9.17, 15) is 8.42 Å². The van der Waals surface area contributed by atoms with Gasteiger partial charge in [0.25, 0.3) is 10.0 Å². The SMILES string of the molecule is COc1ccc(S(=O)(=O)n2cc(C(=NNC(=N)N)C3CC3)c3ccccc32)cc1OC. The summed E-state index contributed by atoms with van der Waals surface area (Å²) in [5, 5.41) is 12.4. The van der Waals surface area contributed by atoms with Crippen molar-refractivity contribution in [2.75, 3.05) is 14.2 Å². The monoisotopic (exact) mass is 441 g/mol. The molecule has 0 atom stereocenters. The molecule has 10 heteroatoms. The minimum Gasteiger partial charge on any atom is -0.493 e. The van der Waals surface area contributed by atoms with Gasteiger partial charge in [-0.2, -0.15) is 5.10 Å². The van der Waals surface area contributed by atoms with Gasteiger partial charge in [-0.15, -0.1) is 0 Å². The number of nitrogens with zero attached hydrogens (tertiary/aromatic N) is 2. The van der Waals surface area contributed by atoms with Crippen molar-refractivity contribution in [2.45, 2.75) is 17.7 Å². The first kappa shape index (κ1) is 20.7. The quantitative estimate of drug-likeness (QED) is 0.293. The van der Waals surface area contributed by atoms with E-state index in [-0.39, 0.29) is 16.8 Å². The molecule has 4 N–H and O–H groups in total. The molecule has 0 bridgehead atoms. The lowest BCUT2D eigenvalue weighted by molar-refractivity contribution is 0.354. The second kappa shape index (κ2) is 7.95. The maximum atomic E-state index is 13.6. The Labute approximate surface area is 180 Å². The molecule has 31 heavy (non-hydrogen) atoms. The van der Waals surface area contributed by atoms with Crippen LogP contribution in [-0.2, 0) is 10.0 Å². The summed E-state index contributed by atoms with van der Waals surface area (Å²) in [6, 6.07) is 11.7. The predicted molar refractivity (Wildman–Crippen MR) is 118 cm³/mol. The molecule has 1 aliphatic rings. The number of nitrogens with one attached hydrogen (secondary N) is 2. The average molecular weight is 442 g/mol. The largest absolute Gasteiger partial charge is 0.493 e. The van der Waals surface area contributed by atoms with Crippen LogP contribution >= 0.6 is 0 Å². The third kappa shape index (κ3) is 3.81. The van der Waals surface area contributed by atoms with Crippen LogP contribution in [0.25, 0.3) is 10.9 Å². The number of hydrazone groups is 1. The van der Waals surface area contributed by atoms with Gasteiger partial charge in [-0.1, -0.05) is 18.2 Å². The number of hydrogen-bond acceptors (Lipinski definition) is 6. The Hall–Kier alpha value is -3.53. The van der Waals surface area contributed by atoms with Crippen LogP contribution in [0.5, 0.6) is 11.5 Å². The topological polar surface area (TPSA) is 132 Å². The molecule has 0 unspecified atom stereocenters. The third-order valence-corrected chi connectivity index (χ3v) is 6.80. The molecule has 9 nitrogen and oxygen atoms in total. The molecule has 1 saturated carbocycles. The first-order valence-electron chi connectivity index (χ1n) is 9.62. The summed E-state index contributed by atoms with van der Waals surface area (Å²) >= 11 is 0. The van der Waals surface area contributed by atoms with E-state index in [0.717, 1.165) is 18.2 Å². The fourth-order valence-electron chi connectivity index (χ4n) is 3.49. The molecule has 4 rings (SSSR count). The molecule has 0 radical (unpaired) electrons. The number of aromatic nitrogens is 1. The van der Waals surface area contributed by atoms with Crippen molar-refractivity contribution < 1.29 is 17.9 Å². The number of guanidine groups is 1. The highest BCUT2D eigenvalue weighted by molar-refractivity contribution is 7.90. The highest BCUT2D eigenvalue weighted by Gasteiger charge is 2.32. The zero-order valence-corrected chi connectivity index (χ0v) is 17.9. The van der Waals surface area contributed by atoms with Crippen LogP contribution in [0.3, 0.4) is 0 Å². The van der Waals surface area contributed by atoms with Gasteiger partial charge in [-0.3, -0.25) is 5.41 Å². The van der Waals surface area contributed by atoms with E-state index in [4.69, 9.17) is 20.6 Å². The highest BCUT2D eigenvalue weighted by Crippen LogP contribution is 2.37. The van der Waals surface area contributed by atoms with Crippen molar-refractivity contribution in [3.8, 4) is 11.5 Å². The minimum absolute atomic E-state index is 0.0734. The van der Waals surface area contributed by atoms with E-state index in [1.807, 2.05) is 12.1 Å². The van der Waals surface area contributed by atoms with Crippen LogP contribution in [-0.4, -0.2) is 38.3 Å². The summed E-state index contributed by atoms with van der Waals surface area (Å²) in [7, 11) is -0.986. The summed E-state index contributed by atoms with van der Waals surface area (Å²) in [5.41, 5.74) is 9.80. The van der Waals surface area contributed by atoms with Crippen molar-refractivity contribution in [2.24, 2.45) is 16.8 Å². The Morgan fingerprint density at radius 1 is 1.16 bits per heavy atom. The van der Waals surface area contributed by atoms with Gasteiger partial charge in [0, 0.05) is 29.1 Å². The lowest BCUT2D eigenvalue weighted by Gasteiger charge is -2.11. The van der Waals surface area contributed by atoms with Gasteiger partial charge >= 0.3 is 0 Å². The number of methoxy groups -OCH3 is 2. The van der Waals surface area contributed by atoms with E-state index in [1.54, 1.807) is 24.4 Å². The Kier molecular flexibility index (Phi) is 5.32. The Balaban J connectivity index is 1.89. The van der Waals surface area contributed by atoms with Gasteiger partial charge in [0.05, 0.1) is 30.3 Å². The molecule has 1 aliphatic carbocycles. The van der Waals surface area contributed by atoms with Crippen molar-refractivity contribution in [1.82, 2.24) is 9.40 Å². The fourth-order valence-corrected chi connectivity index (χ4v) is 4.88. The molecule has 0 saturated heterocycles. The van der Waals surface area contributed by atoms with Gasteiger partial charge in [-0.05, 0) is 31.0 Å². The summed E-state index contributed by atoms with van der Waals surface area (Å²) in [6.45, 7) is 0. The van der Waals surface area contributed by atoms with E-state index in [0.29, 0.717) is 28.3 Å².